The number of rotatable bonds is 4. The third kappa shape index (κ3) is 4.54. The highest BCUT2D eigenvalue weighted by molar-refractivity contribution is 5.32. The summed E-state index contributed by atoms with van der Waals surface area (Å²) in [7, 11) is 0. The minimum absolute atomic E-state index is 0.931. The minimum atomic E-state index is 0.931. The SMILES string of the molecule is C#C/C(=C\C#CC)CCCc1ccccc1. The summed E-state index contributed by atoms with van der Waals surface area (Å²) in [5.74, 6) is 8.39. The van der Waals surface area contributed by atoms with Crippen molar-refractivity contribution in [2.45, 2.75) is 26.2 Å². The molecule has 0 N–H and O–H groups in total. The molecule has 0 aliphatic heterocycles. The molecule has 1 aromatic rings. The van der Waals surface area contributed by atoms with Gasteiger partial charge in [0.05, 0.1) is 0 Å². The fourth-order valence-corrected chi connectivity index (χ4v) is 1.47. The maximum atomic E-state index is 5.41. The zero-order valence-electron chi connectivity index (χ0n) is 9.66. The lowest BCUT2D eigenvalue weighted by Crippen LogP contribution is -1.86. The average molecular weight is 208 g/mol. The molecule has 1 rings (SSSR count). The van der Waals surface area contributed by atoms with Gasteiger partial charge in [-0.05, 0) is 37.8 Å². The van der Waals surface area contributed by atoms with Crippen LogP contribution in [0.5, 0.6) is 0 Å². The highest BCUT2D eigenvalue weighted by atomic mass is 14.0. The quantitative estimate of drug-likeness (QED) is 0.663. The van der Waals surface area contributed by atoms with Gasteiger partial charge < -0.3 is 0 Å². The second-order valence-corrected chi connectivity index (χ2v) is 3.55. The van der Waals surface area contributed by atoms with E-state index in [0.717, 1.165) is 24.8 Å². The van der Waals surface area contributed by atoms with Gasteiger partial charge in [-0.3, -0.25) is 0 Å². The lowest BCUT2D eigenvalue weighted by Gasteiger charge is -2.00. The number of hydrogen-bond donors (Lipinski definition) is 0. The third-order valence-corrected chi connectivity index (χ3v) is 2.33. The molecule has 0 aliphatic carbocycles. The van der Waals surface area contributed by atoms with Crippen LogP contribution in [-0.2, 0) is 6.42 Å². The highest BCUT2D eigenvalue weighted by Crippen LogP contribution is 2.09. The molecule has 0 radical (unpaired) electrons. The van der Waals surface area contributed by atoms with Crippen molar-refractivity contribution in [3.63, 3.8) is 0 Å². The molecule has 0 amide bonds. The Kier molecular flexibility index (Phi) is 5.61. The van der Waals surface area contributed by atoms with E-state index in [-0.39, 0.29) is 0 Å². The molecule has 0 atom stereocenters. The van der Waals surface area contributed by atoms with Crippen LogP contribution in [0, 0.1) is 24.2 Å². The van der Waals surface area contributed by atoms with Crippen molar-refractivity contribution in [3.8, 4) is 24.2 Å². The van der Waals surface area contributed by atoms with Gasteiger partial charge in [-0.2, -0.15) is 0 Å². The van der Waals surface area contributed by atoms with Gasteiger partial charge >= 0.3 is 0 Å². The largest absolute Gasteiger partial charge is 0.115 e. The average Bonchev–Trinajstić information content (AvgIpc) is 2.35. The molecule has 0 spiro atoms. The summed E-state index contributed by atoms with van der Waals surface area (Å²) in [5, 5.41) is 0. The van der Waals surface area contributed by atoms with Gasteiger partial charge in [0.2, 0.25) is 0 Å². The molecule has 0 aliphatic rings. The molecular formula is C16H16. The van der Waals surface area contributed by atoms with Gasteiger partial charge in [0, 0.05) is 5.57 Å². The Bertz CT molecular complexity index is 432. The molecule has 0 heterocycles. The van der Waals surface area contributed by atoms with Crippen molar-refractivity contribution >= 4 is 0 Å². The molecule has 0 fully saturated rings. The Labute approximate surface area is 98.4 Å². The van der Waals surface area contributed by atoms with Gasteiger partial charge in [0.1, 0.15) is 0 Å². The van der Waals surface area contributed by atoms with Crippen LogP contribution in [0.3, 0.4) is 0 Å². The summed E-state index contributed by atoms with van der Waals surface area (Å²) in [6, 6.07) is 10.5. The van der Waals surface area contributed by atoms with Crippen LogP contribution in [0.2, 0.25) is 0 Å². The summed E-state index contributed by atoms with van der Waals surface area (Å²) < 4.78 is 0. The summed E-state index contributed by atoms with van der Waals surface area (Å²) in [5.41, 5.74) is 2.35. The maximum Gasteiger partial charge on any atom is 0.0101 e. The Morgan fingerprint density at radius 2 is 2.06 bits per heavy atom. The first-order valence-corrected chi connectivity index (χ1v) is 5.48. The topological polar surface area (TPSA) is 0 Å². The van der Waals surface area contributed by atoms with E-state index in [4.69, 9.17) is 6.42 Å². The molecule has 0 unspecified atom stereocenters. The summed E-state index contributed by atoms with van der Waals surface area (Å²) >= 11 is 0. The molecule has 0 saturated heterocycles. The van der Waals surface area contributed by atoms with Crippen molar-refractivity contribution in [1.82, 2.24) is 0 Å². The predicted octanol–water partition coefficient (Wildman–Crippen LogP) is 3.59. The van der Waals surface area contributed by atoms with Crippen LogP contribution in [-0.4, -0.2) is 0 Å². The van der Waals surface area contributed by atoms with Crippen LogP contribution in [0.4, 0.5) is 0 Å². The second-order valence-electron chi connectivity index (χ2n) is 3.55. The fourth-order valence-electron chi connectivity index (χ4n) is 1.47. The lowest BCUT2D eigenvalue weighted by molar-refractivity contribution is 0.828. The number of allylic oxidation sites excluding steroid dienone is 2. The Morgan fingerprint density at radius 1 is 1.31 bits per heavy atom. The van der Waals surface area contributed by atoms with Gasteiger partial charge in [0.15, 0.2) is 0 Å². The van der Waals surface area contributed by atoms with Crippen molar-refractivity contribution in [2.75, 3.05) is 0 Å². The van der Waals surface area contributed by atoms with E-state index < -0.39 is 0 Å². The maximum absolute atomic E-state index is 5.41. The molecule has 0 nitrogen and oxygen atoms in total. The highest BCUT2D eigenvalue weighted by Gasteiger charge is 1.94. The van der Waals surface area contributed by atoms with Gasteiger partial charge in [-0.25, -0.2) is 0 Å². The van der Waals surface area contributed by atoms with Gasteiger partial charge in [0.25, 0.3) is 0 Å². The zero-order chi connectivity index (χ0) is 11.6. The van der Waals surface area contributed by atoms with Crippen LogP contribution in [0.15, 0.2) is 42.0 Å². The molecule has 0 aromatic heterocycles. The van der Waals surface area contributed by atoms with Crippen molar-refractivity contribution in [1.29, 1.82) is 0 Å². The van der Waals surface area contributed by atoms with E-state index in [1.165, 1.54) is 5.56 Å². The molecule has 0 heteroatoms. The van der Waals surface area contributed by atoms with E-state index in [1.807, 2.05) is 19.1 Å². The van der Waals surface area contributed by atoms with Crippen molar-refractivity contribution in [2.24, 2.45) is 0 Å². The van der Waals surface area contributed by atoms with Gasteiger partial charge in [-0.15, -0.1) is 12.3 Å². The van der Waals surface area contributed by atoms with Gasteiger partial charge in [-0.1, -0.05) is 42.2 Å². The second kappa shape index (κ2) is 7.38. The molecular weight excluding hydrogens is 192 g/mol. The molecule has 0 saturated carbocycles. The molecule has 80 valence electrons. The number of terminal acetylenes is 1. The number of hydrogen-bond acceptors (Lipinski definition) is 0. The fraction of sp³-hybridized carbons (Fsp3) is 0.250. The molecule has 0 bridgehead atoms. The summed E-state index contributed by atoms with van der Waals surface area (Å²) in [6.45, 7) is 1.81. The van der Waals surface area contributed by atoms with Crippen molar-refractivity contribution in [3.05, 3.63) is 47.5 Å². The minimum Gasteiger partial charge on any atom is -0.115 e. The van der Waals surface area contributed by atoms with E-state index in [9.17, 15) is 0 Å². The van der Waals surface area contributed by atoms with Crippen LogP contribution >= 0.6 is 0 Å². The molecule has 16 heavy (non-hydrogen) atoms. The first kappa shape index (κ1) is 12.2. The smallest absolute Gasteiger partial charge is 0.0101 e. The summed E-state index contributed by atoms with van der Waals surface area (Å²) in [4.78, 5) is 0. The first-order chi connectivity index (χ1) is 7.86. The van der Waals surface area contributed by atoms with Crippen LogP contribution in [0.25, 0.3) is 0 Å². The predicted molar refractivity (Wildman–Crippen MR) is 69.7 cm³/mol. The third-order valence-electron chi connectivity index (χ3n) is 2.33. The summed E-state index contributed by atoms with van der Waals surface area (Å²) in [6.07, 6.45) is 10.3. The normalized spacial score (nSPS) is 10.1. The van der Waals surface area contributed by atoms with E-state index >= 15 is 0 Å². The molecule has 1 aromatic carbocycles. The standard InChI is InChI=1S/C16H16/c1-3-5-10-15(4-2)13-9-14-16-11-7-6-8-12-16/h2,6-8,10-12H,9,13-14H2,1H3/b15-10+. The monoisotopic (exact) mass is 208 g/mol. The Balaban J connectivity index is 2.40. The zero-order valence-corrected chi connectivity index (χ0v) is 9.66. The number of aryl methyl sites for hydroxylation is 1. The van der Waals surface area contributed by atoms with E-state index in [2.05, 4.69) is 42.0 Å². The van der Waals surface area contributed by atoms with E-state index in [1.54, 1.807) is 0 Å². The number of benzene rings is 1. The Morgan fingerprint density at radius 3 is 2.69 bits per heavy atom. The lowest BCUT2D eigenvalue weighted by atomic mass is 10.0. The van der Waals surface area contributed by atoms with Crippen LogP contribution in [0.1, 0.15) is 25.3 Å². The Hall–Kier alpha value is -1.92. The van der Waals surface area contributed by atoms with E-state index in [0.29, 0.717) is 0 Å². The first-order valence-electron chi connectivity index (χ1n) is 5.48. The van der Waals surface area contributed by atoms with Crippen LogP contribution < -0.4 is 0 Å². The van der Waals surface area contributed by atoms with Crippen molar-refractivity contribution < 1.29 is 0 Å².